The van der Waals surface area contributed by atoms with Crippen molar-refractivity contribution in [3.63, 3.8) is 0 Å². The number of aryl methyl sites for hydroxylation is 2. The molecule has 3 nitrogen and oxygen atoms in total. The van der Waals surface area contributed by atoms with E-state index >= 15 is 0 Å². The second-order valence-corrected chi connectivity index (χ2v) is 6.29. The number of hydrogen-bond acceptors (Lipinski definition) is 2. The summed E-state index contributed by atoms with van der Waals surface area (Å²) >= 11 is 0. The Morgan fingerprint density at radius 3 is 2.78 bits per heavy atom. The van der Waals surface area contributed by atoms with Crippen molar-refractivity contribution in [3.8, 4) is 0 Å². The average Bonchev–Trinajstić information content (AvgIpc) is 3.07. The molecule has 1 atom stereocenters. The first kappa shape index (κ1) is 14.2. The zero-order valence-corrected chi connectivity index (χ0v) is 13.3. The van der Waals surface area contributed by atoms with Crippen molar-refractivity contribution in [2.75, 3.05) is 6.61 Å². The van der Waals surface area contributed by atoms with Gasteiger partial charge in [0.25, 0.3) is 5.91 Å². The number of carbonyl (C=O) groups is 1. The molecule has 1 amide bonds. The summed E-state index contributed by atoms with van der Waals surface area (Å²) in [5, 5.41) is 3.06. The molecule has 0 bridgehead atoms. The van der Waals surface area contributed by atoms with Gasteiger partial charge in [-0.05, 0) is 48.6 Å². The van der Waals surface area contributed by atoms with Gasteiger partial charge in [-0.2, -0.15) is 0 Å². The molecule has 0 aromatic heterocycles. The molecule has 0 radical (unpaired) electrons. The highest BCUT2D eigenvalue weighted by atomic mass is 16.5. The van der Waals surface area contributed by atoms with E-state index < -0.39 is 5.72 Å². The van der Waals surface area contributed by atoms with E-state index in [1.807, 2.05) is 24.3 Å². The van der Waals surface area contributed by atoms with Crippen LogP contribution in [0, 0.1) is 13.8 Å². The highest BCUT2D eigenvalue weighted by Gasteiger charge is 2.49. The third-order valence-electron chi connectivity index (χ3n) is 4.85. The van der Waals surface area contributed by atoms with E-state index in [0.29, 0.717) is 12.2 Å². The number of nitrogens with one attached hydrogen (secondary N) is 1. The highest BCUT2D eigenvalue weighted by Crippen LogP contribution is 2.44. The van der Waals surface area contributed by atoms with E-state index in [1.54, 1.807) is 0 Å². The molecular formula is C20H19NO2. The molecule has 2 aromatic carbocycles. The number of ether oxygens (including phenoxy) is 1. The molecular weight excluding hydrogens is 286 g/mol. The van der Waals surface area contributed by atoms with Crippen LogP contribution in [0.15, 0.2) is 48.0 Å². The summed E-state index contributed by atoms with van der Waals surface area (Å²) in [5.74, 6) is -0.0616. The molecule has 1 spiro atoms. The SMILES string of the molecule is Cc1ccc(/C=C2\CCO[C@]23NC(=O)c2ccccc23)cc1C. The smallest absolute Gasteiger partial charge is 0.254 e. The van der Waals surface area contributed by atoms with Crippen LogP contribution in [-0.2, 0) is 10.5 Å². The van der Waals surface area contributed by atoms with Crippen molar-refractivity contribution < 1.29 is 9.53 Å². The van der Waals surface area contributed by atoms with Crippen molar-refractivity contribution in [1.82, 2.24) is 5.32 Å². The Morgan fingerprint density at radius 2 is 1.96 bits per heavy atom. The predicted molar refractivity (Wildman–Crippen MR) is 90.0 cm³/mol. The lowest BCUT2D eigenvalue weighted by molar-refractivity contribution is 0.00401. The van der Waals surface area contributed by atoms with Gasteiger partial charge in [-0.1, -0.05) is 42.5 Å². The quantitative estimate of drug-likeness (QED) is 0.872. The largest absolute Gasteiger partial charge is 0.347 e. The van der Waals surface area contributed by atoms with E-state index in [0.717, 1.165) is 23.1 Å². The normalized spacial score (nSPS) is 24.3. The monoisotopic (exact) mass is 305 g/mol. The summed E-state index contributed by atoms with van der Waals surface area (Å²) in [6.07, 6.45) is 2.98. The number of hydrogen-bond donors (Lipinski definition) is 1. The third kappa shape index (κ3) is 2.12. The second-order valence-electron chi connectivity index (χ2n) is 6.29. The molecule has 3 heteroatoms. The van der Waals surface area contributed by atoms with Gasteiger partial charge < -0.3 is 10.1 Å². The van der Waals surface area contributed by atoms with Crippen LogP contribution in [-0.4, -0.2) is 12.5 Å². The lowest BCUT2D eigenvalue weighted by Gasteiger charge is -2.26. The van der Waals surface area contributed by atoms with Gasteiger partial charge >= 0.3 is 0 Å². The zero-order valence-electron chi connectivity index (χ0n) is 13.3. The van der Waals surface area contributed by atoms with Crippen LogP contribution in [0.4, 0.5) is 0 Å². The molecule has 2 heterocycles. The second kappa shape index (κ2) is 5.07. The number of fused-ring (bicyclic) bond motifs is 2. The standard InChI is InChI=1S/C20H19NO2/c1-13-7-8-15(11-14(13)2)12-16-9-10-23-20(16)18-6-4-3-5-17(18)19(22)21-20/h3-8,11-12H,9-10H2,1-2H3,(H,21,22)/b16-12+/t20-/m1/s1. The van der Waals surface area contributed by atoms with Crippen LogP contribution < -0.4 is 5.32 Å². The van der Waals surface area contributed by atoms with Gasteiger partial charge in [0.2, 0.25) is 0 Å². The van der Waals surface area contributed by atoms with Gasteiger partial charge in [0, 0.05) is 11.1 Å². The summed E-state index contributed by atoms with van der Waals surface area (Å²) in [7, 11) is 0. The molecule has 0 saturated carbocycles. The minimum absolute atomic E-state index is 0.0616. The number of carbonyl (C=O) groups excluding carboxylic acids is 1. The fourth-order valence-corrected chi connectivity index (χ4v) is 3.46. The van der Waals surface area contributed by atoms with Gasteiger partial charge in [-0.25, -0.2) is 0 Å². The van der Waals surface area contributed by atoms with Gasteiger partial charge in [-0.15, -0.1) is 0 Å². The number of amides is 1. The zero-order chi connectivity index (χ0) is 16.0. The van der Waals surface area contributed by atoms with Crippen LogP contribution in [0.3, 0.4) is 0 Å². The maximum atomic E-state index is 12.3. The van der Waals surface area contributed by atoms with Crippen LogP contribution >= 0.6 is 0 Å². The molecule has 0 unspecified atom stereocenters. The van der Waals surface area contributed by atoms with E-state index in [4.69, 9.17) is 4.74 Å². The Kier molecular flexibility index (Phi) is 3.13. The minimum Gasteiger partial charge on any atom is -0.347 e. The Labute approximate surface area is 136 Å². The molecule has 2 aliphatic rings. The lowest BCUT2D eigenvalue weighted by atomic mass is 9.92. The Hall–Kier alpha value is -2.39. The van der Waals surface area contributed by atoms with Crippen LogP contribution in [0.2, 0.25) is 0 Å². The molecule has 1 fully saturated rings. The lowest BCUT2D eigenvalue weighted by Crippen LogP contribution is -2.39. The Balaban J connectivity index is 1.82. The van der Waals surface area contributed by atoms with E-state index in [2.05, 4.69) is 43.4 Å². The van der Waals surface area contributed by atoms with E-state index in [1.165, 1.54) is 11.1 Å². The number of benzene rings is 2. The molecule has 116 valence electrons. The van der Waals surface area contributed by atoms with Crippen LogP contribution in [0.25, 0.3) is 6.08 Å². The first-order valence-corrected chi connectivity index (χ1v) is 7.94. The predicted octanol–water partition coefficient (Wildman–Crippen LogP) is 3.70. The van der Waals surface area contributed by atoms with Gasteiger partial charge in [0.1, 0.15) is 0 Å². The topological polar surface area (TPSA) is 38.3 Å². The van der Waals surface area contributed by atoms with Crippen molar-refractivity contribution in [2.45, 2.75) is 26.0 Å². The third-order valence-corrected chi connectivity index (χ3v) is 4.85. The molecule has 23 heavy (non-hydrogen) atoms. The first-order chi connectivity index (χ1) is 11.1. The maximum Gasteiger partial charge on any atom is 0.254 e. The highest BCUT2D eigenvalue weighted by molar-refractivity contribution is 6.00. The molecule has 2 aromatic rings. The fraction of sp³-hybridized carbons (Fsp3) is 0.250. The summed E-state index contributed by atoms with van der Waals surface area (Å²) in [4.78, 5) is 12.3. The van der Waals surface area contributed by atoms with Crippen molar-refractivity contribution >= 4 is 12.0 Å². The molecule has 0 aliphatic carbocycles. The van der Waals surface area contributed by atoms with Crippen LogP contribution in [0.5, 0.6) is 0 Å². The molecule has 1 saturated heterocycles. The van der Waals surface area contributed by atoms with Gasteiger partial charge in [-0.3, -0.25) is 4.79 Å². The Morgan fingerprint density at radius 1 is 1.13 bits per heavy atom. The Bertz CT molecular complexity index is 837. The average molecular weight is 305 g/mol. The molecule has 1 N–H and O–H groups in total. The van der Waals surface area contributed by atoms with Crippen molar-refractivity contribution in [3.05, 3.63) is 75.9 Å². The summed E-state index contributed by atoms with van der Waals surface area (Å²) in [5.41, 5.74) is 5.66. The molecule has 4 rings (SSSR count). The van der Waals surface area contributed by atoms with Gasteiger partial charge in [0.15, 0.2) is 5.72 Å². The van der Waals surface area contributed by atoms with E-state index in [9.17, 15) is 4.79 Å². The van der Waals surface area contributed by atoms with Gasteiger partial charge in [0.05, 0.1) is 6.61 Å². The summed E-state index contributed by atoms with van der Waals surface area (Å²) < 4.78 is 6.04. The number of rotatable bonds is 1. The van der Waals surface area contributed by atoms with Crippen molar-refractivity contribution in [1.29, 1.82) is 0 Å². The fourth-order valence-electron chi connectivity index (χ4n) is 3.46. The minimum atomic E-state index is -0.785. The van der Waals surface area contributed by atoms with Crippen molar-refractivity contribution in [2.24, 2.45) is 0 Å². The summed E-state index contributed by atoms with van der Waals surface area (Å²) in [6.45, 7) is 4.84. The first-order valence-electron chi connectivity index (χ1n) is 7.94. The van der Waals surface area contributed by atoms with E-state index in [-0.39, 0.29) is 5.91 Å². The molecule has 2 aliphatic heterocycles. The van der Waals surface area contributed by atoms with Crippen LogP contribution in [0.1, 0.15) is 39.0 Å². The maximum absolute atomic E-state index is 12.3. The summed E-state index contributed by atoms with van der Waals surface area (Å²) in [6, 6.07) is 14.1.